The second kappa shape index (κ2) is 16.4. The van der Waals surface area contributed by atoms with E-state index in [0.29, 0.717) is 11.7 Å². The SMILES string of the molecule is C=C[C@H]1[C@@H](C)[C@H]1N(Cc1nc2c(ccc3cc(-c4ccc5c(ccc6[nH]c([C@@H]7[C@H]8CC[C@H](C8)N7C(=O)[C@@H](NC(=O)OC)C(C)C)nc65)c4)ccc32)[nH]1)C(=O)[C@@H](NC(=O)OC)C(C)C. The van der Waals surface area contributed by atoms with Crippen molar-refractivity contribution in [3.8, 4) is 11.1 Å². The minimum Gasteiger partial charge on any atom is -0.453 e. The van der Waals surface area contributed by atoms with Gasteiger partial charge in [-0.3, -0.25) is 9.59 Å². The predicted octanol–water partition coefficient (Wildman–Crippen LogP) is 8.37. The lowest BCUT2D eigenvalue weighted by atomic mass is 9.95. The van der Waals surface area contributed by atoms with Gasteiger partial charge in [0.1, 0.15) is 23.7 Å². The van der Waals surface area contributed by atoms with Gasteiger partial charge in [0, 0.05) is 28.8 Å². The van der Waals surface area contributed by atoms with Crippen LogP contribution in [0.1, 0.15) is 71.6 Å². The average Bonchev–Trinajstić information content (AvgIpc) is 3.86. The molecule has 14 nitrogen and oxygen atoms in total. The summed E-state index contributed by atoms with van der Waals surface area (Å²) < 4.78 is 9.70. The maximum absolute atomic E-state index is 14.1. The summed E-state index contributed by atoms with van der Waals surface area (Å²) in [6.07, 6.45) is 3.54. The number of likely N-dealkylation sites (tertiary alicyclic amines) is 1. The number of carbonyl (C=O) groups is 4. The molecule has 1 saturated heterocycles. The van der Waals surface area contributed by atoms with Crippen LogP contribution in [0.25, 0.3) is 54.7 Å². The van der Waals surface area contributed by atoms with E-state index in [0.717, 1.165) is 79.8 Å². The van der Waals surface area contributed by atoms with Gasteiger partial charge in [0.25, 0.3) is 0 Å². The Kier molecular flexibility index (Phi) is 10.9. The lowest BCUT2D eigenvalue weighted by Crippen LogP contribution is -2.54. The van der Waals surface area contributed by atoms with E-state index in [-0.39, 0.29) is 60.2 Å². The predicted molar refractivity (Wildman–Crippen MR) is 242 cm³/mol. The Bertz CT molecular complexity index is 2790. The van der Waals surface area contributed by atoms with Crippen molar-refractivity contribution >= 4 is 67.6 Å². The number of nitrogens with one attached hydrogen (secondary N) is 4. The Labute approximate surface area is 366 Å². The number of aromatic nitrogens is 4. The lowest BCUT2D eigenvalue weighted by molar-refractivity contribution is -0.139. The molecule has 2 saturated carbocycles. The van der Waals surface area contributed by atoms with Crippen molar-refractivity contribution in [2.75, 3.05) is 14.2 Å². The minimum atomic E-state index is -0.755. The molecule has 0 unspecified atom stereocenters. The summed E-state index contributed by atoms with van der Waals surface area (Å²) in [6.45, 7) is 14.0. The number of hydrogen-bond acceptors (Lipinski definition) is 8. The van der Waals surface area contributed by atoms with E-state index in [1.807, 2.05) is 49.6 Å². The van der Waals surface area contributed by atoms with Crippen LogP contribution in [0.4, 0.5) is 9.59 Å². The van der Waals surface area contributed by atoms with Gasteiger partial charge in [-0.15, -0.1) is 6.58 Å². The molecule has 4 amide bonds. The van der Waals surface area contributed by atoms with Crippen LogP contribution in [0, 0.1) is 29.6 Å². The van der Waals surface area contributed by atoms with Gasteiger partial charge in [0.15, 0.2) is 0 Å². The van der Waals surface area contributed by atoms with E-state index in [1.54, 1.807) is 0 Å². The first-order chi connectivity index (χ1) is 30.3. The van der Waals surface area contributed by atoms with E-state index in [1.165, 1.54) is 14.2 Å². The highest BCUT2D eigenvalue weighted by Gasteiger charge is 2.53. The Morgan fingerprint density at radius 1 is 0.825 bits per heavy atom. The lowest BCUT2D eigenvalue weighted by Gasteiger charge is -2.37. The molecule has 3 fully saturated rings. The molecule has 2 aromatic heterocycles. The highest BCUT2D eigenvalue weighted by molar-refractivity contribution is 6.07. The fraction of sp³-hybridized carbons (Fsp3) is 0.429. The van der Waals surface area contributed by atoms with Crippen LogP contribution < -0.4 is 10.6 Å². The highest BCUT2D eigenvalue weighted by Crippen LogP contribution is 2.50. The average molecular weight is 853 g/mol. The van der Waals surface area contributed by atoms with Gasteiger partial charge >= 0.3 is 12.2 Å². The van der Waals surface area contributed by atoms with Gasteiger partial charge in [-0.2, -0.15) is 0 Å². The van der Waals surface area contributed by atoms with Crippen molar-refractivity contribution in [2.45, 2.75) is 90.6 Å². The molecule has 2 aliphatic carbocycles. The maximum Gasteiger partial charge on any atom is 0.407 e. The molecular formula is C49H56N8O6. The molecule has 0 radical (unpaired) electrons. The van der Waals surface area contributed by atoms with E-state index in [2.05, 4.69) is 88.7 Å². The fourth-order valence-electron chi connectivity index (χ4n) is 10.5. The monoisotopic (exact) mass is 852 g/mol. The molecule has 8 atom stereocenters. The zero-order chi connectivity index (χ0) is 44.4. The molecule has 3 heterocycles. The number of aromatic amines is 2. The number of amides is 4. The van der Waals surface area contributed by atoms with E-state index < -0.39 is 24.3 Å². The molecular weight excluding hydrogens is 797 g/mol. The molecule has 328 valence electrons. The van der Waals surface area contributed by atoms with Gasteiger partial charge in [-0.1, -0.05) is 77.1 Å². The third-order valence-electron chi connectivity index (χ3n) is 13.9. The summed E-state index contributed by atoms with van der Waals surface area (Å²) >= 11 is 0. The fourth-order valence-corrected chi connectivity index (χ4v) is 10.5. The number of nitrogens with zero attached hydrogens (tertiary/aromatic N) is 4. The van der Waals surface area contributed by atoms with Crippen molar-refractivity contribution < 1.29 is 28.7 Å². The molecule has 6 aromatic rings. The van der Waals surface area contributed by atoms with Crippen molar-refractivity contribution in [1.82, 2.24) is 40.4 Å². The zero-order valence-electron chi connectivity index (χ0n) is 36.9. The van der Waals surface area contributed by atoms with E-state index in [4.69, 9.17) is 19.4 Å². The third-order valence-corrected chi connectivity index (χ3v) is 13.9. The van der Waals surface area contributed by atoms with Crippen LogP contribution in [0.3, 0.4) is 0 Å². The van der Waals surface area contributed by atoms with Crippen LogP contribution in [-0.2, 0) is 25.6 Å². The molecule has 9 rings (SSSR count). The second-order valence-electron chi connectivity index (χ2n) is 18.4. The Morgan fingerprint density at radius 2 is 1.41 bits per heavy atom. The Hall–Kier alpha value is -6.44. The quantitative estimate of drug-likeness (QED) is 0.0889. The number of methoxy groups -OCH3 is 2. The van der Waals surface area contributed by atoms with Gasteiger partial charge in [-0.05, 0) is 89.1 Å². The van der Waals surface area contributed by atoms with Crippen molar-refractivity contribution in [3.05, 3.63) is 85.0 Å². The van der Waals surface area contributed by atoms with Gasteiger partial charge in [-0.25, -0.2) is 19.6 Å². The summed E-state index contributed by atoms with van der Waals surface area (Å²) in [5.74, 6) is 1.57. The number of H-pyrrole nitrogens is 2. The highest BCUT2D eigenvalue weighted by atomic mass is 16.5. The molecule has 14 heteroatoms. The summed E-state index contributed by atoms with van der Waals surface area (Å²) in [5.41, 5.74) is 5.60. The number of ether oxygens (including phenoxy) is 2. The first-order valence-electron chi connectivity index (χ1n) is 22.1. The number of rotatable bonds is 12. The Balaban J connectivity index is 0.986. The van der Waals surface area contributed by atoms with Crippen LogP contribution in [0.2, 0.25) is 0 Å². The topological polar surface area (TPSA) is 175 Å². The van der Waals surface area contributed by atoms with Crippen LogP contribution in [0.15, 0.2) is 73.3 Å². The summed E-state index contributed by atoms with van der Waals surface area (Å²) in [4.78, 5) is 73.8. The van der Waals surface area contributed by atoms with E-state index >= 15 is 0 Å². The first-order valence-corrected chi connectivity index (χ1v) is 22.1. The number of fused-ring (bicyclic) bond motifs is 8. The molecule has 3 aliphatic rings. The van der Waals surface area contributed by atoms with Crippen LogP contribution >= 0.6 is 0 Å². The van der Waals surface area contributed by atoms with Crippen molar-refractivity contribution in [3.63, 3.8) is 0 Å². The zero-order valence-corrected chi connectivity index (χ0v) is 36.9. The number of alkyl carbamates (subject to hydrolysis) is 2. The molecule has 1 aliphatic heterocycles. The largest absolute Gasteiger partial charge is 0.453 e. The second-order valence-corrected chi connectivity index (χ2v) is 18.4. The van der Waals surface area contributed by atoms with Crippen LogP contribution in [-0.4, -0.2) is 92.1 Å². The number of hydrogen-bond donors (Lipinski definition) is 4. The molecule has 4 aromatic carbocycles. The molecule has 4 N–H and O–H groups in total. The normalized spacial score (nSPS) is 22.5. The minimum absolute atomic E-state index is 0.0550. The standard InChI is InChI=1S/C49H56N8O6/c1-9-33-26(6)43(33)56(46(58)39(24(2)3)54-48(60)62-7)23-38-50-36-18-13-29-20-27(11-16-34(29)41(36)52-38)28-12-17-35-30(21-28)14-19-37-42(35)53-45(51-37)44-31-10-15-32(22-31)57(44)47(59)40(25(4)5)55-49(61)63-8/h9,11-14,16-21,24-26,31-33,39-40,43-44H,1,10,15,22-23H2,2-8H3,(H,50,52)(H,51,53)(H,54,60)(H,55,61)/t26-,31+,32-,33+,39+,40+,43-,44+/m1/s1. The Morgan fingerprint density at radius 3 is 1.98 bits per heavy atom. The maximum atomic E-state index is 14.1. The van der Waals surface area contributed by atoms with E-state index in [9.17, 15) is 19.2 Å². The van der Waals surface area contributed by atoms with Crippen LogP contribution in [0.5, 0.6) is 0 Å². The number of carbonyl (C=O) groups excluding carboxylic acids is 4. The van der Waals surface area contributed by atoms with Crippen molar-refractivity contribution in [2.24, 2.45) is 29.6 Å². The molecule has 2 bridgehead atoms. The smallest absolute Gasteiger partial charge is 0.407 e. The number of benzene rings is 4. The summed E-state index contributed by atoms with van der Waals surface area (Å²) in [7, 11) is 2.60. The van der Waals surface area contributed by atoms with Gasteiger partial charge in [0.2, 0.25) is 11.8 Å². The third kappa shape index (κ3) is 7.42. The number of piperidine rings is 1. The van der Waals surface area contributed by atoms with Gasteiger partial charge in [0.05, 0.1) is 48.9 Å². The first kappa shape index (κ1) is 41.9. The van der Waals surface area contributed by atoms with Gasteiger partial charge < -0.3 is 39.9 Å². The van der Waals surface area contributed by atoms with Crippen molar-refractivity contribution in [1.29, 1.82) is 0 Å². The summed E-state index contributed by atoms with van der Waals surface area (Å²) in [6, 6.07) is 19.5. The summed E-state index contributed by atoms with van der Waals surface area (Å²) in [5, 5.41) is 9.63. The molecule has 0 spiro atoms. The molecule has 63 heavy (non-hydrogen) atoms. The number of imidazole rings is 2.